The van der Waals surface area contributed by atoms with Crippen molar-refractivity contribution in [3.8, 4) is 5.75 Å². The lowest BCUT2D eigenvalue weighted by Gasteiger charge is -2.31. The summed E-state index contributed by atoms with van der Waals surface area (Å²) in [5.41, 5.74) is 7.09. The summed E-state index contributed by atoms with van der Waals surface area (Å²) in [5, 5.41) is 2.12. The van der Waals surface area contributed by atoms with Gasteiger partial charge in [-0.2, -0.15) is 0 Å². The number of hydrogen-bond donors (Lipinski definition) is 2. The number of nitrogens with one attached hydrogen (secondary N) is 1. The maximum Gasteiger partial charge on any atom is 0.318 e. The minimum atomic E-state index is -0.808. The Bertz CT molecular complexity index is 1040. The number of piperidine rings is 1. The maximum absolute atomic E-state index is 11.8. The summed E-state index contributed by atoms with van der Waals surface area (Å²) in [6.45, 7) is 3.07. The summed E-state index contributed by atoms with van der Waals surface area (Å²) < 4.78 is 8.23. The smallest absolute Gasteiger partial charge is 0.318 e. The molecule has 4 rings (SSSR count). The molecule has 0 bridgehead atoms. The molecule has 3 N–H and O–H groups in total. The van der Waals surface area contributed by atoms with Crippen molar-refractivity contribution in [2.24, 2.45) is 11.7 Å². The average molecular weight is 422 g/mol. The highest BCUT2D eigenvalue weighted by molar-refractivity contribution is 5.94. The number of ether oxygens (including phenoxy) is 1. The lowest BCUT2D eigenvalue weighted by Crippen LogP contribution is -2.45. The molecule has 3 aromatic rings. The zero-order chi connectivity index (χ0) is 21.6. The minimum absolute atomic E-state index is 0.194. The van der Waals surface area contributed by atoms with E-state index in [1.54, 1.807) is 0 Å². The Morgan fingerprint density at radius 2 is 1.77 bits per heavy atom. The number of imide groups is 1. The molecule has 8 nitrogen and oxygen atoms in total. The number of amides is 3. The lowest BCUT2D eigenvalue weighted by atomic mass is 9.96. The van der Waals surface area contributed by atoms with Crippen molar-refractivity contribution in [3.05, 3.63) is 60.4 Å². The highest BCUT2D eigenvalue weighted by atomic mass is 16.5. The Morgan fingerprint density at radius 1 is 1.06 bits per heavy atom. The quantitative estimate of drug-likeness (QED) is 0.610. The molecular weight excluding hydrogens is 394 g/mol. The highest BCUT2D eigenvalue weighted by Gasteiger charge is 2.23. The number of nitrogens with two attached hydrogens (primary N) is 1. The first kappa shape index (κ1) is 20.9. The van der Waals surface area contributed by atoms with Gasteiger partial charge in [-0.05, 0) is 56.1 Å². The number of primary amides is 1. The maximum atomic E-state index is 11.8. The third-order valence-corrected chi connectivity index (χ3v) is 5.62. The van der Waals surface area contributed by atoms with Crippen molar-refractivity contribution >= 4 is 23.0 Å². The highest BCUT2D eigenvalue weighted by Crippen LogP contribution is 2.24. The number of benzene rings is 2. The number of fused-ring (bicyclic) bond motifs is 1. The molecule has 0 radical (unpaired) electrons. The van der Waals surface area contributed by atoms with Gasteiger partial charge in [-0.1, -0.05) is 30.3 Å². The van der Waals surface area contributed by atoms with Gasteiger partial charge in [0.15, 0.2) is 0 Å². The molecule has 1 aromatic heterocycles. The third kappa shape index (κ3) is 5.40. The van der Waals surface area contributed by atoms with E-state index in [0.29, 0.717) is 12.5 Å². The molecule has 2 heterocycles. The minimum Gasteiger partial charge on any atom is -0.486 e. The van der Waals surface area contributed by atoms with Gasteiger partial charge < -0.3 is 15.0 Å². The van der Waals surface area contributed by atoms with Crippen LogP contribution in [0.4, 0.5) is 4.79 Å². The van der Waals surface area contributed by atoms with Crippen LogP contribution in [0.1, 0.15) is 18.7 Å². The lowest BCUT2D eigenvalue weighted by molar-refractivity contribution is -0.121. The number of nitrogens with zero attached hydrogens (tertiary/aromatic N) is 3. The number of para-hydroxylation sites is 3. The van der Waals surface area contributed by atoms with Crippen molar-refractivity contribution in [2.45, 2.75) is 26.0 Å². The van der Waals surface area contributed by atoms with Crippen LogP contribution in [0.15, 0.2) is 54.6 Å². The van der Waals surface area contributed by atoms with Crippen molar-refractivity contribution < 1.29 is 14.3 Å². The van der Waals surface area contributed by atoms with Crippen LogP contribution < -0.4 is 15.8 Å². The fraction of sp³-hybridized carbons (Fsp3) is 0.348. The monoisotopic (exact) mass is 421 g/mol. The number of carbonyl (C=O) groups is 2. The van der Waals surface area contributed by atoms with E-state index in [9.17, 15) is 9.59 Å². The molecule has 1 aliphatic rings. The van der Waals surface area contributed by atoms with E-state index in [2.05, 4.69) is 20.9 Å². The van der Waals surface area contributed by atoms with Crippen molar-refractivity contribution in [1.29, 1.82) is 0 Å². The van der Waals surface area contributed by atoms with Crippen LogP contribution in [0, 0.1) is 5.92 Å². The number of hydrogen-bond acceptors (Lipinski definition) is 5. The largest absolute Gasteiger partial charge is 0.486 e. The van der Waals surface area contributed by atoms with E-state index in [-0.39, 0.29) is 12.5 Å². The fourth-order valence-electron chi connectivity index (χ4n) is 4.07. The van der Waals surface area contributed by atoms with Crippen LogP contribution in [0.5, 0.6) is 5.75 Å². The summed E-state index contributed by atoms with van der Waals surface area (Å²) in [5.74, 6) is 1.85. The summed E-state index contributed by atoms with van der Waals surface area (Å²) in [7, 11) is 0. The number of imidazole rings is 1. The Hall–Kier alpha value is -3.39. The van der Waals surface area contributed by atoms with Gasteiger partial charge in [0, 0.05) is 6.54 Å². The van der Waals surface area contributed by atoms with Gasteiger partial charge in [0.1, 0.15) is 18.2 Å². The fourth-order valence-corrected chi connectivity index (χ4v) is 4.07. The molecule has 0 aliphatic carbocycles. The van der Waals surface area contributed by atoms with Crippen LogP contribution >= 0.6 is 0 Å². The van der Waals surface area contributed by atoms with E-state index in [4.69, 9.17) is 15.5 Å². The molecule has 162 valence electrons. The first-order chi connectivity index (χ1) is 15.1. The first-order valence-electron chi connectivity index (χ1n) is 10.5. The molecule has 0 saturated carbocycles. The van der Waals surface area contributed by atoms with Crippen LogP contribution in [0.3, 0.4) is 0 Å². The number of likely N-dealkylation sites (tertiary alicyclic amines) is 1. The predicted octanol–water partition coefficient (Wildman–Crippen LogP) is 2.52. The number of rotatable bonds is 7. The molecule has 2 aromatic carbocycles. The molecule has 0 unspecified atom stereocenters. The number of aromatic nitrogens is 2. The molecule has 0 spiro atoms. The predicted molar refractivity (Wildman–Crippen MR) is 117 cm³/mol. The molecule has 1 saturated heterocycles. The molecule has 0 atom stereocenters. The topological polar surface area (TPSA) is 102 Å². The number of urea groups is 1. The van der Waals surface area contributed by atoms with Crippen molar-refractivity contribution in [2.75, 3.05) is 19.6 Å². The second kappa shape index (κ2) is 9.61. The molecule has 31 heavy (non-hydrogen) atoms. The van der Waals surface area contributed by atoms with Crippen LogP contribution in [-0.4, -0.2) is 46.0 Å². The third-order valence-electron chi connectivity index (χ3n) is 5.62. The van der Waals surface area contributed by atoms with Crippen molar-refractivity contribution in [3.63, 3.8) is 0 Å². The zero-order valence-corrected chi connectivity index (χ0v) is 17.4. The SMILES string of the molecule is NC(=O)NC(=O)CN1CCC(Cn2c(COc3ccccc3)nc3ccccc32)CC1. The Morgan fingerprint density at radius 3 is 2.52 bits per heavy atom. The van der Waals surface area contributed by atoms with Crippen LogP contribution in [-0.2, 0) is 17.9 Å². The summed E-state index contributed by atoms with van der Waals surface area (Å²) >= 11 is 0. The average Bonchev–Trinajstić information content (AvgIpc) is 3.11. The van der Waals surface area contributed by atoms with Gasteiger partial charge in [0.2, 0.25) is 5.91 Å². The van der Waals surface area contributed by atoms with Gasteiger partial charge >= 0.3 is 6.03 Å². The van der Waals surface area contributed by atoms with Gasteiger partial charge in [0.25, 0.3) is 0 Å². The van der Waals surface area contributed by atoms with E-state index in [1.165, 1.54) is 0 Å². The Labute approximate surface area is 181 Å². The summed E-state index contributed by atoms with van der Waals surface area (Å²) in [4.78, 5) is 29.4. The van der Waals surface area contributed by atoms with Crippen LogP contribution in [0.2, 0.25) is 0 Å². The van der Waals surface area contributed by atoms with Gasteiger partial charge in [0.05, 0.1) is 17.6 Å². The first-order valence-corrected chi connectivity index (χ1v) is 10.5. The van der Waals surface area contributed by atoms with E-state index in [0.717, 1.165) is 55.1 Å². The number of carbonyl (C=O) groups excluding carboxylic acids is 2. The second-order valence-corrected chi connectivity index (χ2v) is 7.86. The second-order valence-electron chi connectivity index (χ2n) is 7.86. The van der Waals surface area contributed by atoms with Crippen molar-refractivity contribution in [1.82, 2.24) is 19.8 Å². The van der Waals surface area contributed by atoms with Crippen LogP contribution in [0.25, 0.3) is 11.0 Å². The molecule has 8 heteroatoms. The molecule has 3 amide bonds. The van der Waals surface area contributed by atoms with E-state index < -0.39 is 6.03 Å². The Balaban J connectivity index is 1.41. The molecular formula is C23H27N5O3. The normalized spacial score (nSPS) is 15.1. The molecule has 1 fully saturated rings. The summed E-state index contributed by atoms with van der Waals surface area (Å²) in [6.07, 6.45) is 1.94. The van der Waals surface area contributed by atoms with Gasteiger partial charge in [-0.15, -0.1) is 0 Å². The Kier molecular flexibility index (Phi) is 6.47. The van der Waals surface area contributed by atoms with Gasteiger partial charge in [-0.3, -0.25) is 15.0 Å². The zero-order valence-electron chi connectivity index (χ0n) is 17.4. The molecule has 1 aliphatic heterocycles. The van der Waals surface area contributed by atoms with Gasteiger partial charge in [-0.25, -0.2) is 9.78 Å². The summed E-state index contributed by atoms with van der Waals surface area (Å²) in [6, 6.07) is 17.1. The standard InChI is InChI=1S/C23H27N5O3/c24-23(30)26-22(29)15-27-12-10-17(11-13-27)14-28-20-9-5-4-8-19(20)25-21(28)16-31-18-6-2-1-3-7-18/h1-9,17H,10-16H2,(H3,24,26,29,30). The van der Waals surface area contributed by atoms with E-state index >= 15 is 0 Å². The van der Waals surface area contributed by atoms with E-state index in [1.807, 2.05) is 48.5 Å².